The highest BCUT2D eigenvalue weighted by molar-refractivity contribution is 5.66. The lowest BCUT2D eigenvalue weighted by Gasteiger charge is -2.62. The zero-order valence-corrected chi connectivity index (χ0v) is 5.97. The summed E-state index contributed by atoms with van der Waals surface area (Å²) < 4.78 is 0. The molecule has 0 atom stereocenters. The van der Waals surface area contributed by atoms with Crippen molar-refractivity contribution in [3.05, 3.63) is 0 Å². The van der Waals surface area contributed by atoms with Crippen LogP contribution in [-0.4, -0.2) is 11.1 Å². The third-order valence-corrected chi connectivity index (χ3v) is 3.03. The van der Waals surface area contributed by atoms with Crippen molar-refractivity contribution < 1.29 is 9.90 Å². The molecule has 2 nitrogen and oxygen atoms in total. The molecule has 0 amide bonds. The zero-order valence-electron chi connectivity index (χ0n) is 5.97. The monoisotopic (exact) mass is 140 g/mol. The highest BCUT2D eigenvalue weighted by Crippen LogP contribution is 2.66. The molecule has 2 heteroatoms. The molecular weight excluding hydrogens is 128 g/mol. The second-order valence-corrected chi connectivity index (χ2v) is 3.87. The van der Waals surface area contributed by atoms with Crippen molar-refractivity contribution in [1.82, 2.24) is 0 Å². The molecule has 0 saturated heterocycles. The van der Waals surface area contributed by atoms with Crippen LogP contribution < -0.4 is 0 Å². The molecule has 56 valence electrons. The Kier molecular flexibility index (Phi) is 1.08. The van der Waals surface area contributed by atoms with Gasteiger partial charge in [0, 0.05) is 6.42 Å². The predicted molar refractivity (Wildman–Crippen MR) is 36.6 cm³/mol. The average molecular weight is 140 g/mol. The summed E-state index contributed by atoms with van der Waals surface area (Å²) in [5, 5.41) is 8.41. The first kappa shape index (κ1) is 6.20. The van der Waals surface area contributed by atoms with Crippen LogP contribution in [0.4, 0.5) is 0 Å². The van der Waals surface area contributed by atoms with Gasteiger partial charge in [-0.1, -0.05) is 0 Å². The Hall–Kier alpha value is -0.530. The van der Waals surface area contributed by atoms with E-state index in [1.807, 2.05) is 0 Å². The van der Waals surface area contributed by atoms with E-state index in [0.717, 1.165) is 12.3 Å². The van der Waals surface area contributed by atoms with Crippen molar-refractivity contribution >= 4 is 5.97 Å². The van der Waals surface area contributed by atoms with Crippen LogP contribution >= 0.6 is 0 Å². The van der Waals surface area contributed by atoms with Crippen molar-refractivity contribution in [2.24, 2.45) is 11.3 Å². The highest BCUT2D eigenvalue weighted by atomic mass is 16.4. The van der Waals surface area contributed by atoms with Gasteiger partial charge in [-0.15, -0.1) is 0 Å². The van der Waals surface area contributed by atoms with Crippen molar-refractivity contribution in [3.8, 4) is 0 Å². The Labute approximate surface area is 60.2 Å². The number of carbonyl (C=O) groups is 1. The molecule has 1 N–H and O–H groups in total. The maximum absolute atomic E-state index is 10.2. The van der Waals surface area contributed by atoms with Crippen molar-refractivity contribution in [1.29, 1.82) is 0 Å². The van der Waals surface area contributed by atoms with Crippen molar-refractivity contribution in [2.75, 3.05) is 0 Å². The quantitative estimate of drug-likeness (QED) is 0.647. The first-order chi connectivity index (χ1) is 4.70. The molecule has 0 radical (unpaired) electrons. The lowest BCUT2D eigenvalue weighted by molar-refractivity contribution is -0.145. The number of hydrogen-bond acceptors (Lipinski definition) is 1. The third kappa shape index (κ3) is 0.746. The van der Waals surface area contributed by atoms with Gasteiger partial charge in [0.25, 0.3) is 0 Å². The topological polar surface area (TPSA) is 37.3 Å². The van der Waals surface area contributed by atoms with Gasteiger partial charge in [0.05, 0.1) is 0 Å². The molecule has 3 aliphatic carbocycles. The summed E-state index contributed by atoms with van der Waals surface area (Å²) >= 11 is 0. The fourth-order valence-electron chi connectivity index (χ4n) is 2.34. The third-order valence-electron chi connectivity index (χ3n) is 3.03. The van der Waals surface area contributed by atoms with E-state index >= 15 is 0 Å². The summed E-state index contributed by atoms with van der Waals surface area (Å²) in [6.45, 7) is 0. The Morgan fingerprint density at radius 2 is 2.10 bits per heavy atom. The minimum atomic E-state index is -0.635. The molecule has 0 aromatic carbocycles. The van der Waals surface area contributed by atoms with Crippen LogP contribution in [0.1, 0.15) is 32.1 Å². The molecule has 3 saturated carbocycles. The second kappa shape index (κ2) is 1.74. The molecule has 0 aliphatic heterocycles. The van der Waals surface area contributed by atoms with Crippen LogP contribution in [0.5, 0.6) is 0 Å². The van der Waals surface area contributed by atoms with E-state index in [2.05, 4.69) is 0 Å². The highest BCUT2D eigenvalue weighted by Gasteiger charge is 2.55. The fourth-order valence-corrected chi connectivity index (χ4v) is 2.34. The molecule has 0 heterocycles. The van der Waals surface area contributed by atoms with Gasteiger partial charge in [-0.2, -0.15) is 0 Å². The van der Waals surface area contributed by atoms with Gasteiger partial charge in [0.2, 0.25) is 0 Å². The zero-order chi connectivity index (χ0) is 7.19. The van der Waals surface area contributed by atoms with Gasteiger partial charge < -0.3 is 5.11 Å². The van der Waals surface area contributed by atoms with E-state index in [1.54, 1.807) is 0 Å². The summed E-state index contributed by atoms with van der Waals surface area (Å²) in [6, 6.07) is 0. The Bertz CT molecular complexity index is 157. The van der Waals surface area contributed by atoms with Crippen LogP contribution in [0.15, 0.2) is 0 Å². The van der Waals surface area contributed by atoms with Crippen molar-refractivity contribution in [3.63, 3.8) is 0 Å². The van der Waals surface area contributed by atoms with E-state index in [-0.39, 0.29) is 0 Å². The number of carboxylic acids is 1. The first-order valence-electron chi connectivity index (χ1n) is 3.92. The summed E-state index contributed by atoms with van der Waals surface area (Å²) in [7, 11) is 0. The number of carboxylic acid groups (broad SMARTS) is 1. The predicted octanol–water partition coefficient (Wildman–Crippen LogP) is 1.65. The summed E-state index contributed by atoms with van der Waals surface area (Å²) in [6.07, 6.45) is 5.27. The van der Waals surface area contributed by atoms with Gasteiger partial charge in [-0.3, -0.25) is 4.79 Å². The molecule has 3 aliphatic rings. The lowest BCUT2D eigenvalue weighted by atomic mass is 9.43. The minimum absolute atomic E-state index is 0.382. The van der Waals surface area contributed by atoms with E-state index in [1.165, 1.54) is 19.3 Å². The SMILES string of the molecule is O=C(O)CCC12CC(C1)C2. The van der Waals surface area contributed by atoms with E-state index in [0.29, 0.717) is 11.8 Å². The number of hydrogen-bond donors (Lipinski definition) is 1. The maximum Gasteiger partial charge on any atom is 0.303 e. The molecular formula is C8H12O2. The summed E-state index contributed by atoms with van der Waals surface area (Å²) in [4.78, 5) is 10.2. The van der Waals surface area contributed by atoms with E-state index in [9.17, 15) is 4.79 Å². The fraction of sp³-hybridized carbons (Fsp3) is 0.875. The molecule has 3 fully saturated rings. The largest absolute Gasteiger partial charge is 0.481 e. The molecule has 0 aromatic rings. The smallest absolute Gasteiger partial charge is 0.303 e. The first-order valence-corrected chi connectivity index (χ1v) is 3.92. The van der Waals surface area contributed by atoms with Gasteiger partial charge in [-0.25, -0.2) is 0 Å². The van der Waals surface area contributed by atoms with Gasteiger partial charge in [0.1, 0.15) is 0 Å². The van der Waals surface area contributed by atoms with Crippen LogP contribution in [0, 0.1) is 11.3 Å². The van der Waals surface area contributed by atoms with Crippen LogP contribution in [-0.2, 0) is 4.79 Å². The Morgan fingerprint density at radius 1 is 1.50 bits per heavy atom. The molecule has 0 spiro atoms. The summed E-state index contributed by atoms with van der Waals surface area (Å²) in [5.74, 6) is 0.346. The second-order valence-electron chi connectivity index (χ2n) is 3.87. The summed E-state index contributed by atoms with van der Waals surface area (Å²) in [5.41, 5.74) is 0.517. The Balaban J connectivity index is 1.75. The molecule has 10 heavy (non-hydrogen) atoms. The lowest BCUT2D eigenvalue weighted by Crippen LogP contribution is -2.51. The molecule has 0 aromatic heterocycles. The van der Waals surface area contributed by atoms with E-state index < -0.39 is 5.97 Å². The van der Waals surface area contributed by atoms with Crippen LogP contribution in [0.2, 0.25) is 0 Å². The molecule has 3 rings (SSSR count). The minimum Gasteiger partial charge on any atom is -0.481 e. The maximum atomic E-state index is 10.2. The number of aliphatic carboxylic acids is 1. The normalized spacial score (nSPS) is 41.8. The van der Waals surface area contributed by atoms with Crippen LogP contribution in [0.3, 0.4) is 0 Å². The van der Waals surface area contributed by atoms with Gasteiger partial charge >= 0.3 is 5.97 Å². The van der Waals surface area contributed by atoms with Gasteiger partial charge in [-0.05, 0) is 37.0 Å². The molecule has 0 unspecified atom stereocenters. The Morgan fingerprint density at radius 3 is 2.40 bits per heavy atom. The van der Waals surface area contributed by atoms with E-state index in [4.69, 9.17) is 5.11 Å². The average Bonchev–Trinajstić information content (AvgIpc) is 1.56. The number of rotatable bonds is 3. The van der Waals surface area contributed by atoms with Crippen LogP contribution in [0.25, 0.3) is 0 Å². The standard InChI is InChI=1S/C8H12O2/c9-7(10)1-2-8-3-6(4-8)5-8/h6H,1-5H2,(H,9,10). The molecule has 2 bridgehead atoms. The van der Waals surface area contributed by atoms with Gasteiger partial charge in [0.15, 0.2) is 0 Å². The van der Waals surface area contributed by atoms with Crippen molar-refractivity contribution in [2.45, 2.75) is 32.1 Å².